The molecule has 0 aromatic heterocycles. The summed E-state index contributed by atoms with van der Waals surface area (Å²) in [5, 5.41) is 12.1. The Morgan fingerprint density at radius 3 is 2.55 bits per heavy atom. The third-order valence-electron chi connectivity index (χ3n) is 1.62. The van der Waals surface area contributed by atoms with Crippen molar-refractivity contribution in [1.29, 1.82) is 0 Å². The maximum Gasteiger partial charge on any atom is 0.104 e. The van der Waals surface area contributed by atoms with Gasteiger partial charge in [-0.2, -0.15) is 0 Å². The van der Waals surface area contributed by atoms with Crippen LogP contribution >= 0.6 is 0 Å². The van der Waals surface area contributed by atoms with Crippen LogP contribution in [0.15, 0.2) is 0 Å². The summed E-state index contributed by atoms with van der Waals surface area (Å²) in [6.07, 6.45) is 1.60. The quantitative estimate of drug-likeness (QED) is 0.339. The second kappa shape index (κ2) is 6.58. The molecule has 1 atom stereocenters. The molecular weight excluding hydrogens is 140 g/mol. The fourth-order valence-corrected chi connectivity index (χ4v) is 0.855. The normalized spacial score (nSPS) is 13.9. The average molecular weight is 161 g/mol. The van der Waals surface area contributed by atoms with Crippen molar-refractivity contribution in [2.75, 3.05) is 27.2 Å². The van der Waals surface area contributed by atoms with Gasteiger partial charge in [-0.15, -0.1) is 0 Å². The van der Waals surface area contributed by atoms with Gasteiger partial charge in [-0.3, -0.25) is 5.32 Å². The van der Waals surface area contributed by atoms with Crippen LogP contribution in [-0.2, 0) is 0 Å². The fourth-order valence-electron chi connectivity index (χ4n) is 0.855. The molecule has 1 unspecified atom stereocenters. The Labute approximate surface area is 69.4 Å². The highest BCUT2D eigenvalue weighted by molar-refractivity contribution is 4.49. The van der Waals surface area contributed by atoms with E-state index in [1.807, 2.05) is 6.92 Å². The Hall–Kier alpha value is -0.120. The van der Waals surface area contributed by atoms with E-state index in [1.54, 1.807) is 0 Å². The van der Waals surface area contributed by atoms with Gasteiger partial charge < -0.3 is 10.0 Å². The van der Waals surface area contributed by atoms with Crippen molar-refractivity contribution in [3.63, 3.8) is 0 Å². The molecule has 3 N–H and O–H groups in total. The number of nitrogens with one attached hydrogen (secondary N) is 2. The minimum atomic E-state index is -0.313. The minimum Gasteiger partial charge on any atom is -0.379 e. The zero-order valence-electron chi connectivity index (χ0n) is 7.85. The first-order chi connectivity index (χ1) is 5.16. The number of aliphatic hydroxyl groups excluding tert-OH is 1. The molecule has 3 heteroatoms. The highest BCUT2D eigenvalue weighted by Gasteiger charge is 1.98. The summed E-state index contributed by atoms with van der Waals surface area (Å²) in [5.41, 5.74) is 0. The zero-order chi connectivity index (χ0) is 8.69. The Kier molecular flexibility index (Phi) is 6.51. The molecule has 11 heavy (non-hydrogen) atoms. The smallest absolute Gasteiger partial charge is 0.104 e. The third-order valence-corrected chi connectivity index (χ3v) is 1.62. The Morgan fingerprint density at radius 1 is 1.45 bits per heavy atom. The van der Waals surface area contributed by atoms with Crippen LogP contribution in [-0.4, -0.2) is 38.5 Å². The lowest BCUT2D eigenvalue weighted by Crippen LogP contribution is -3.05. The van der Waals surface area contributed by atoms with Gasteiger partial charge in [0.25, 0.3) is 0 Å². The standard InChI is InChI=1S/C8H20N2O/c1-4-8(11)9-6-5-7-10(2)3/h8-9,11H,4-7H2,1-3H3/p+1. The Balaban J connectivity index is 3.01. The van der Waals surface area contributed by atoms with Gasteiger partial charge in [0, 0.05) is 13.0 Å². The minimum absolute atomic E-state index is 0.313. The molecule has 0 rings (SSSR count). The van der Waals surface area contributed by atoms with Crippen molar-refractivity contribution in [2.24, 2.45) is 0 Å². The first-order valence-electron chi connectivity index (χ1n) is 4.37. The molecule has 0 radical (unpaired) electrons. The van der Waals surface area contributed by atoms with E-state index in [2.05, 4.69) is 19.4 Å². The molecule has 0 aromatic carbocycles. The van der Waals surface area contributed by atoms with Crippen LogP contribution in [0.3, 0.4) is 0 Å². The van der Waals surface area contributed by atoms with E-state index >= 15 is 0 Å². The molecule has 3 nitrogen and oxygen atoms in total. The molecule has 0 aromatic rings. The molecule has 0 saturated carbocycles. The Bertz CT molecular complexity index is 86.2. The van der Waals surface area contributed by atoms with Crippen molar-refractivity contribution in [2.45, 2.75) is 26.0 Å². The summed E-state index contributed by atoms with van der Waals surface area (Å²) in [6, 6.07) is 0. The van der Waals surface area contributed by atoms with Crippen molar-refractivity contribution in [3.05, 3.63) is 0 Å². The largest absolute Gasteiger partial charge is 0.379 e. The summed E-state index contributed by atoms with van der Waals surface area (Å²) < 4.78 is 0. The molecule has 0 fully saturated rings. The molecule has 68 valence electrons. The van der Waals surface area contributed by atoms with Gasteiger partial charge in [0.05, 0.1) is 20.6 Å². The van der Waals surface area contributed by atoms with Crippen molar-refractivity contribution < 1.29 is 10.0 Å². The van der Waals surface area contributed by atoms with E-state index < -0.39 is 0 Å². The summed E-state index contributed by atoms with van der Waals surface area (Å²) in [7, 11) is 4.27. The lowest BCUT2D eigenvalue weighted by molar-refractivity contribution is -0.858. The number of rotatable bonds is 6. The number of quaternary nitrogens is 1. The zero-order valence-corrected chi connectivity index (χ0v) is 7.85. The molecular formula is C8H21N2O+. The van der Waals surface area contributed by atoms with E-state index in [4.69, 9.17) is 5.11 Å². The predicted molar refractivity (Wildman–Crippen MR) is 46.6 cm³/mol. The van der Waals surface area contributed by atoms with E-state index in [0.29, 0.717) is 0 Å². The van der Waals surface area contributed by atoms with Crippen LogP contribution in [0.4, 0.5) is 0 Å². The lowest BCUT2D eigenvalue weighted by atomic mass is 10.3. The van der Waals surface area contributed by atoms with Crippen molar-refractivity contribution in [1.82, 2.24) is 5.32 Å². The van der Waals surface area contributed by atoms with Crippen LogP contribution in [0, 0.1) is 0 Å². The lowest BCUT2D eigenvalue weighted by Gasteiger charge is -2.11. The van der Waals surface area contributed by atoms with Gasteiger partial charge in [0.1, 0.15) is 6.23 Å². The maximum absolute atomic E-state index is 9.11. The average Bonchev–Trinajstić information content (AvgIpc) is 1.97. The molecule has 0 heterocycles. The molecule has 0 amide bonds. The molecule has 0 aliphatic rings. The van der Waals surface area contributed by atoms with E-state index in [1.165, 1.54) is 4.90 Å². The van der Waals surface area contributed by atoms with Gasteiger partial charge in [-0.25, -0.2) is 0 Å². The monoisotopic (exact) mass is 161 g/mol. The van der Waals surface area contributed by atoms with Crippen LogP contribution in [0.1, 0.15) is 19.8 Å². The molecule has 0 spiro atoms. The molecule has 0 saturated heterocycles. The van der Waals surface area contributed by atoms with E-state index in [9.17, 15) is 0 Å². The van der Waals surface area contributed by atoms with Gasteiger partial charge in [-0.05, 0) is 6.42 Å². The first-order valence-corrected chi connectivity index (χ1v) is 4.37. The van der Waals surface area contributed by atoms with Gasteiger partial charge >= 0.3 is 0 Å². The number of hydrogen-bond acceptors (Lipinski definition) is 2. The van der Waals surface area contributed by atoms with Gasteiger partial charge in [0.15, 0.2) is 0 Å². The van der Waals surface area contributed by atoms with Crippen LogP contribution < -0.4 is 10.2 Å². The summed E-state index contributed by atoms with van der Waals surface area (Å²) in [6.45, 7) is 4.04. The van der Waals surface area contributed by atoms with Gasteiger partial charge in [0.2, 0.25) is 0 Å². The second-order valence-electron chi connectivity index (χ2n) is 3.19. The summed E-state index contributed by atoms with van der Waals surface area (Å²) >= 11 is 0. The van der Waals surface area contributed by atoms with Crippen molar-refractivity contribution in [3.8, 4) is 0 Å². The highest BCUT2D eigenvalue weighted by atomic mass is 16.3. The van der Waals surface area contributed by atoms with Gasteiger partial charge in [-0.1, -0.05) is 6.92 Å². The van der Waals surface area contributed by atoms with Crippen molar-refractivity contribution >= 4 is 0 Å². The van der Waals surface area contributed by atoms with E-state index in [-0.39, 0.29) is 6.23 Å². The third kappa shape index (κ3) is 7.78. The number of hydrogen-bond donors (Lipinski definition) is 3. The summed E-state index contributed by atoms with van der Waals surface area (Å²) in [5.74, 6) is 0. The molecule has 0 bridgehead atoms. The molecule has 0 aliphatic carbocycles. The SMILES string of the molecule is CCC(O)NCCC[NH+](C)C. The number of aliphatic hydroxyl groups is 1. The highest BCUT2D eigenvalue weighted by Crippen LogP contribution is 1.82. The summed E-state index contributed by atoms with van der Waals surface area (Å²) in [4.78, 5) is 1.46. The van der Waals surface area contributed by atoms with Crippen LogP contribution in [0.25, 0.3) is 0 Å². The second-order valence-corrected chi connectivity index (χ2v) is 3.19. The Morgan fingerprint density at radius 2 is 2.09 bits per heavy atom. The van der Waals surface area contributed by atoms with Crippen LogP contribution in [0.5, 0.6) is 0 Å². The predicted octanol–water partition coefficient (Wildman–Crippen LogP) is -1.16. The molecule has 0 aliphatic heterocycles. The van der Waals surface area contributed by atoms with Crippen LogP contribution in [0.2, 0.25) is 0 Å². The first kappa shape index (κ1) is 10.9. The fraction of sp³-hybridized carbons (Fsp3) is 1.00. The van der Waals surface area contributed by atoms with E-state index in [0.717, 1.165) is 25.9 Å². The maximum atomic E-state index is 9.11. The topological polar surface area (TPSA) is 36.7 Å².